The zero-order valence-corrected chi connectivity index (χ0v) is 7.55. The van der Waals surface area contributed by atoms with Crippen LogP contribution in [-0.4, -0.2) is 20.9 Å². The van der Waals surface area contributed by atoms with Crippen LogP contribution in [0, 0.1) is 10.1 Å². The first-order valence-corrected chi connectivity index (χ1v) is 3.80. The van der Waals surface area contributed by atoms with Gasteiger partial charge in [-0.1, -0.05) is 0 Å². The van der Waals surface area contributed by atoms with Gasteiger partial charge in [0.25, 0.3) is 12.3 Å². The van der Waals surface area contributed by atoms with Crippen molar-refractivity contribution in [1.82, 2.24) is 4.98 Å². The third-order valence-corrected chi connectivity index (χ3v) is 1.66. The molecule has 0 aliphatic heterocycles. The van der Waals surface area contributed by atoms with Gasteiger partial charge in [0.2, 0.25) is 5.75 Å². The fourth-order valence-electron chi connectivity index (χ4n) is 0.962. The van der Waals surface area contributed by atoms with E-state index in [1.54, 1.807) is 0 Å². The lowest BCUT2D eigenvalue weighted by molar-refractivity contribution is -0.386. The lowest BCUT2D eigenvalue weighted by Gasteiger charge is -2.04. The number of primary amides is 1. The quantitative estimate of drug-likeness (QED) is 0.589. The topological polar surface area (TPSA) is 119 Å². The number of aromatic hydroxyl groups is 1. The molecule has 0 saturated heterocycles. The fraction of sp³-hybridized carbons (Fsp3) is 0.143. The Bertz CT molecular complexity index is 463. The number of nitrogens with two attached hydrogens (primary N) is 1. The van der Waals surface area contributed by atoms with E-state index < -0.39 is 40.1 Å². The Labute approximate surface area is 86.7 Å². The highest BCUT2D eigenvalue weighted by Gasteiger charge is 2.27. The molecule has 1 amide bonds. The Morgan fingerprint density at radius 1 is 1.62 bits per heavy atom. The second kappa shape index (κ2) is 4.04. The molecule has 0 unspecified atom stereocenters. The summed E-state index contributed by atoms with van der Waals surface area (Å²) in [6.45, 7) is 0. The van der Waals surface area contributed by atoms with E-state index >= 15 is 0 Å². The number of nitrogens with zero attached hydrogens (tertiary/aromatic N) is 2. The van der Waals surface area contributed by atoms with Crippen molar-refractivity contribution < 1.29 is 23.6 Å². The average Bonchev–Trinajstić information content (AvgIpc) is 2.16. The van der Waals surface area contributed by atoms with Gasteiger partial charge in [0.15, 0.2) is 5.69 Å². The van der Waals surface area contributed by atoms with Crippen LogP contribution in [0.1, 0.15) is 22.6 Å². The Morgan fingerprint density at radius 2 is 2.19 bits per heavy atom. The third-order valence-electron chi connectivity index (χ3n) is 1.66. The van der Waals surface area contributed by atoms with Crippen molar-refractivity contribution in [2.75, 3.05) is 0 Å². The molecular formula is C7H5F2N3O4. The van der Waals surface area contributed by atoms with Crippen molar-refractivity contribution in [1.29, 1.82) is 0 Å². The Kier molecular flexibility index (Phi) is 2.97. The van der Waals surface area contributed by atoms with E-state index in [2.05, 4.69) is 4.98 Å². The van der Waals surface area contributed by atoms with E-state index in [0.717, 1.165) is 0 Å². The minimum absolute atomic E-state index is 0.531. The van der Waals surface area contributed by atoms with Gasteiger partial charge in [-0.05, 0) is 0 Å². The number of carbonyl (C=O) groups excluding carboxylic acids is 1. The van der Waals surface area contributed by atoms with Crippen molar-refractivity contribution in [3.8, 4) is 5.75 Å². The first kappa shape index (κ1) is 11.8. The summed E-state index contributed by atoms with van der Waals surface area (Å²) in [4.78, 5) is 23.0. The van der Waals surface area contributed by atoms with Crippen molar-refractivity contribution in [3.05, 3.63) is 27.6 Å². The summed E-state index contributed by atoms with van der Waals surface area (Å²) in [7, 11) is 0. The van der Waals surface area contributed by atoms with Gasteiger partial charge in [0.1, 0.15) is 5.69 Å². The second-order valence-corrected chi connectivity index (χ2v) is 2.68. The highest BCUT2D eigenvalue weighted by atomic mass is 19.3. The summed E-state index contributed by atoms with van der Waals surface area (Å²) in [5.41, 5.74) is 1.75. The fourth-order valence-corrected chi connectivity index (χ4v) is 0.962. The van der Waals surface area contributed by atoms with Gasteiger partial charge in [-0.3, -0.25) is 14.9 Å². The Hall–Kier alpha value is -2.32. The normalized spacial score (nSPS) is 10.4. The summed E-state index contributed by atoms with van der Waals surface area (Å²) >= 11 is 0. The van der Waals surface area contributed by atoms with E-state index in [-0.39, 0.29) is 0 Å². The molecule has 0 aliphatic rings. The van der Waals surface area contributed by atoms with E-state index in [4.69, 9.17) is 10.8 Å². The molecule has 1 heterocycles. The molecular weight excluding hydrogens is 228 g/mol. The number of halogens is 2. The molecule has 0 spiro atoms. The molecule has 3 N–H and O–H groups in total. The first-order chi connectivity index (χ1) is 7.34. The summed E-state index contributed by atoms with van der Waals surface area (Å²) in [6.07, 6.45) is -3.25. The van der Waals surface area contributed by atoms with Crippen molar-refractivity contribution in [2.45, 2.75) is 6.43 Å². The molecule has 16 heavy (non-hydrogen) atoms. The maximum absolute atomic E-state index is 12.3. The average molecular weight is 233 g/mol. The summed E-state index contributed by atoms with van der Waals surface area (Å²) in [5, 5.41) is 19.5. The highest BCUT2D eigenvalue weighted by Crippen LogP contribution is 2.34. The maximum Gasteiger partial charge on any atom is 0.315 e. The monoisotopic (exact) mass is 233 g/mol. The smallest absolute Gasteiger partial charge is 0.315 e. The molecule has 0 bridgehead atoms. The molecule has 7 nitrogen and oxygen atoms in total. The zero-order valence-electron chi connectivity index (χ0n) is 7.55. The summed E-state index contributed by atoms with van der Waals surface area (Å²) in [5.74, 6) is -2.48. The molecule has 0 fully saturated rings. The van der Waals surface area contributed by atoms with Crippen LogP contribution in [0.25, 0.3) is 0 Å². The predicted octanol–water partition coefficient (Wildman–Crippen LogP) is 0.732. The molecule has 0 aliphatic carbocycles. The SMILES string of the molecule is NC(=O)c1cc([N+](=O)[O-])c(O)c(C(F)F)n1. The highest BCUT2D eigenvalue weighted by molar-refractivity contribution is 5.91. The molecule has 0 aromatic carbocycles. The van der Waals surface area contributed by atoms with Gasteiger partial charge >= 0.3 is 5.69 Å². The van der Waals surface area contributed by atoms with Crippen LogP contribution in [0.3, 0.4) is 0 Å². The van der Waals surface area contributed by atoms with Crippen LogP contribution in [0.2, 0.25) is 0 Å². The largest absolute Gasteiger partial charge is 0.501 e. The van der Waals surface area contributed by atoms with Gasteiger partial charge in [0.05, 0.1) is 11.0 Å². The standard InChI is InChI=1S/C7H5F2N3O4/c8-6(9)4-5(13)3(12(15)16)1-2(11-4)7(10)14/h1,6,13H,(H2,10,14). The van der Waals surface area contributed by atoms with Gasteiger partial charge in [-0.15, -0.1) is 0 Å². The number of hydrogen-bond donors (Lipinski definition) is 2. The molecule has 1 aromatic rings. The van der Waals surface area contributed by atoms with Crippen LogP contribution < -0.4 is 5.73 Å². The number of nitro groups is 1. The van der Waals surface area contributed by atoms with Crippen LogP contribution in [0.4, 0.5) is 14.5 Å². The van der Waals surface area contributed by atoms with Gasteiger partial charge in [0, 0.05) is 0 Å². The molecule has 1 rings (SSSR count). The predicted molar refractivity (Wildman–Crippen MR) is 46.0 cm³/mol. The first-order valence-electron chi connectivity index (χ1n) is 3.80. The van der Waals surface area contributed by atoms with Crippen molar-refractivity contribution >= 4 is 11.6 Å². The van der Waals surface area contributed by atoms with E-state index in [0.29, 0.717) is 6.07 Å². The van der Waals surface area contributed by atoms with Crippen LogP contribution >= 0.6 is 0 Å². The minimum atomic E-state index is -3.25. The Balaban J connectivity index is 3.51. The van der Waals surface area contributed by atoms with Crippen molar-refractivity contribution in [3.63, 3.8) is 0 Å². The maximum atomic E-state index is 12.3. The summed E-state index contributed by atoms with van der Waals surface area (Å²) in [6, 6.07) is 0.531. The third kappa shape index (κ3) is 2.02. The number of pyridine rings is 1. The van der Waals surface area contributed by atoms with Crippen LogP contribution in [0.15, 0.2) is 6.07 Å². The molecule has 9 heteroatoms. The number of aromatic nitrogens is 1. The zero-order chi connectivity index (χ0) is 12.5. The number of alkyl halides is 2. The van der Waals surface area contributed by atoms with Gasteiger partial charge in [-0.2, -0.15) is 0 Å². The lowest BCUT2D eigenvalue weighted by Crippen LogP contribution is -2.15. The molecule has 0 saturated carbocycles. The van der Waals surface area contributed by atoms with Gasteiger partial charge in [-0.25, -0.2) is 13.8 Å². The van der Waals surface area contributed by atoms with Gasteiger partial charge < -0.3 is 10.8 Å². The van der Waals surface area contributed by atoms with Crippen molar-refractivity contribution in [2.24, 2.45) is 5.73 Å². The van der Waals surface area contributed by atoms with E-state index in [1.807, 2.05) is 0 Å². The number of carbonyl (C=O) groups is 1. The lowest BCUT2D eigenvalue weighted by atomic mass is 10.2. The van der Waals surface area contributed by atoms with Crippen LogP contribution in [0.5, 0.6) is 5.75 Å². The molecule has 86 valence electrons. The molecule has 1 aromatic heterocycles. The number of rotatable bonds is 3. The molecule has 0 atom stereocenters. The summed E-state index contributed by atoms with van der Waals surface area (Å²) < 4.78 is 24.6. The number of hydrogen-bond acceptors (Lipinski definition) is 5. The van der Waals surface area contributed by atoms with Crippen LogP contribution in [-0.2, 0) is 0 Å². The Morgan fingerprint density at radius 3 is 2.56 bits per heavy atom. The molecule has 0 radical (unpaired) electrons. The minimum Gasteiger partial charge on any atom is -0.501 e. The van der Waals surface area contributed by atoms with E-state index in [9.17, 15) is 23.7 Å². The van der Waals surface area contributed by atoms with E-state index in [1.165, 1.54) is 0 Å². The second-order valence-electron chi connectivity index (χ2n) is 2.68. The number of amides is 1.